The van der Waals surface area contributed by atoms with Crippen LogP contribution in [0.2, 0.25) is 0 Å². The van der Waals surface area contributed by atoms with Gasteiger partial charge in [0.05, 0.1) is 0 Å². The molecule has 0 fully saturated rings. The minimum atomic E-state index is -0.850. The summed E-state index contributed by atoms with van der Waals surface area (Å²) in [6.07, 6.45) is 4.27. The fraction of sp³-hybridized carbons (Fsp3) is 0.471. The molecule has 7 nitrogen and oxygen atoms in total. The first kappa shape index (κ1) is 22.2. The van der Waals surface area contributed by atoms with Gasteiger partial charge >= 0.3 is 12.0 Å². The number of hydrogen-bond acceptors (Lipinski definition) is 6. The van der Waals surface area contributed by atoms with E-state index in [1.807, 2.05) is 36.8 Å². The summed E-state index contributed by atoms with van der Waals surface area (Å²) < 4.78 is 5.05. The van der Waals surface area contributed by atoms with E-state index in [4.69, 9.17) is 10.5 Å². The van der Waals surface area contributed by atoms with Gasteiger partial charge in [-0.2, -0.15) is 11.8 Å². The normalized spacial score (nSPS) is 11.5. The summed E-state index contributed by atoms with van der Waals surface area (Å²) in [6, 6.07) is 6.24. The topological polar surface area (TPSA) is 102 Å². The lowest BCUT2D eigenvalue weighted by atomic mass is 10.2. The van der Waals surface area contributed by atoms with Crippen molar-refractivity contribution in [1.29, 1.82) is 0 Å². The highest BCUT2D eigenvalue weighted by Crippen LogP contribution is 2.15. The van der Waals surface area contributed by atoms with Crippen LogP contribution < -0.4 is 11.1 Å². The molecule has 0 saturated heterocycles. The minimum Gasteiger partial charge on any atom is -0.454 e. The second kappa shape index (κ2) is 11.7. The molecule has 1 rings (SSSR count). The van der Waals surface area contributed by atoms with Crippen molar-refractivity contribution in [2.24, 2.45) is 5.73 Å². The number of thioether (sulfide) groups is 2. The maximum Gasteiger partial charge on any atom is 0.329 e. The largest absolute Gasteiger partial charge is 0.454 e. The van der Waals surface area contributed by atoms with E-state index in [-0.39, 0.29) is 12.5 Å². The lowest BCUT2D eigenvalue weighted by Gasteiger charge is -2.19. The van der Waals surface area contributed by atoms with Crippen LogP contribution in [-0.2, 0) is 20.9 Å². The Labute approximate surface area is 162 Å². The van der Waals surface area contributed by atoms with Crippen molar-refractivity contribution in [3.63, 3.8) is 0 Å². The number of benzene rings is 1. The van der Waals surface area contributed by atoms with Crippen LogP contribution in [-0.4, -0.2) is 60.8 Å². The van der Waals surface area contributed by atoms with Gasteiger partial charge in [0.15, 0.2) is 6.61 Å². The quantitative estimate of drug-likeness (QED) is 0.459. The second-order valence-corrected chi connectivity index (χ2v) is 7.41. The molecule has 0 aliphatic heterocycles. The van der Waals surface area contributed by atoms with Gasteiger partial charge in [0.2, 0.25) is 0 Å². The summed E-state index contributed by atoms with van der Waals surface area (Å²) in [7, 11) is 1.64. The van der Waals surface area contributed by atoms with E-state index in [0.29, 0.717) is 18.7 Å². The van der Waals surface area contributed by atoms with E-state index in [1.165, 1.54) is 16.7 Å². The van der Waals surface area contributed by atoms with Crippen molar-refractivity contribution in [1.82, 2.24) is 10.2 Å². The molecule has 3 N–H and O–H groups in total. The molecule has 1 aromatic rings. The van der Waals surface area contributed by atoms with Gasteiger partial charge in [-0.15, -0.1) is 11.8 Å². The molecule has 3 amide bonds. The van der Waals surface area contributed by atoms with Crippen LogP contribution in [0, 0.1) is 0 Å². The Hall–Kier alpha value is -1.87. The number of nitrogens with zero attached hydrogens (tertiary/aromatic N) is 1. The third-order valence-electron chi connectivity index (χ3n) is 3.55. The van der Waals surface area contributed by atoms with Crippen LogP contribution in [0.15, 0.2) is 29.2 Å². The summed E-state index contributed by atoms with van der Waals surface area (Å²) >= 11 is 3.18. The molecular formula is C17H25N3O4S2. The average Bonchev–Trinajstić information content (AvgIpc) is 2.63. The fourth-order valence-electron chi connectivity index (χ4n) is 2.09. The highest BCUT2D eigenvalue weighted by atomic mass is 32.2. The molecule has 0 saturated carbocycles. The zero-order valence-electron chi connectivity index (χ0n) is 15.2. The standard InChI is InChI=1S/C17H25N3O4S2/c1-20(10-12-4-6-13(26-3)7-5-12)15(21)11-24-16(22)14(8-9-25-2)19-17(18)23/h4-7,14H,8-11H2,1-3H3,(H3,18,19,23)/t14-/m1/s1. The van der Waals surface area contributed by atoms with Crippen molar-refractivity contribution in [2.75, 3.05) is 31.9 Å². The number of ether oxygens (including phenoxy) is 1. The third-order valence-corrected chi connectivity index (χ3v) is 4.94. The zero-order valence-corrected chi connectivity index (χ0v) is 16.8. The highest BCUT2D eigenvalue weighted by Gasteiger charge is 2.22. The third kappa shape index (κ3) is 8.01. The van der Waals surface area contributed by atoms with E-state index in [2.05, 4.69) is 5.32 Å². The van der Waals surface area contributed by atoms with Crippen LogP contribution >= 0.6 is 23.5 Å². The first-order chi connectivity index (χ1) is 12.4. The van der Waals surface area contributed by atoms with Crippen molar-refractivity contribution < 1.29 is 19.1 Å². The zero-order chi connectivity index (χ0) is 19.5. The molecule has 1 atom stereocenters. The van der Waals surface area contributed by atoms with Gasteiger partial charge in [-0.25, -0.2) is 9.59 Å². The number of esters is 1. The smallest absolute Gasteiger partial charge is 0.329 e. The Morgan fingerprint density at radius 1 is 1.23 bits per heavy atom. The molecule has 9 heteroatoms. The Morgan fingerprint density at radius 2 is 1.88 bits per heavy atom. The van der Waals surface area contributed by atoms with Gasteiger partial charge in [0.25, 0.3) is 5.91 Å². The maximum atomic E-state index is 12.2. The minimum absolute atomic E-state index is 0.324. The average molecular weight is 400 g/mol. The number of likely N-dealkylation sites (N-methyl/N-ethyl adjacent to an activating group) is 1. The molecular weight excluding hydrogens is 374 g/mol. The van der Waals surface area contributed by atoms with Crippen molar-refractivity contribution >= 4 is 41.4 Å². The van der Waals surface area contributed by atoms with E-state index in [1.54, 1.807) is 18.8 Å². The first-order valence-corrected chi connectivity index (χ1v) is 10.6. The molecule has 0 bridgehead atoms. The Morgan fingerprint density at radius 3 is 2.42 bits per heavy atom. The van der Waals surface area contributed by atoms with E-state index >= 15 is 0 Å². The summed E-state index contributed by atoms with van der Waals surface area (Å²) in [5.74, 6) is -0.334. The van der Waals surface area contributed by atoms with Gasteiger partial charge < -0.3 is 20.7 Å². The lowest BCUT2D eigenvalue weighted by molar-refractivity contribution is -0.153. The van der Waals surface area contributed by atoms with Gasteiger partial charge in [-0.05, 0) is 42.4 Å². The Bertz CT molecular complexity index is 611. The summed E-state index contributed by atoms with van der Waals surface area (Å²) in [4.78, 5) is 37.9. The molecule has 0 heterocycles. The monoisotopic (exact) mass is 399 g/mol. The van der Waals surface area contributed by atoms with Crippen LogP contribution in [0.5, 0.6) is 0 Å². The number of nitrogens with one attached hydrogen (secondary N) is 1. The van der Waals surface area contributed by atoms with Crippen molar-refractivity contribution in [3.05, 3.63) is 29.8 Å². The maximum absolute atomic E-state index is 12.2. The lowest BCUT2D eigenvalue weighted by Crippen LogP contribution is -2.45. The number of primary amides is 1. The number of carbonyl (C=O) groups excluding carboxylic acids is 3. The SMILES string of the molecule is CSCC[C@@H](NC(N)=O)C(=O)OCC(=O)N(C)Cc1ccc(SC)cc1. The predicted molar refractivity (Wildman–Crippen MR) is 105 cm³/mol. The molecule has 0 radical (unpaired) electrons. The molecule has 0 aromatic heterocycles. The van der Waals surface area contributed by atoms with Gasteiger partial charge in [0.1, 0.15) is 6.04 Å². The molecule has 0 spiro atoms. The number of hydrogen-bond donors (Lipinski definition) is 2. The fourth-order valence-corrected chi connectivity index (χ4v) is 2.97. The van der Waals surface area contributed by atoms with Crippen LogP contribution in [0.25, 0.3) is 0 Å². The Kier molecular flexibility index (Phi) is 9.97. The molecule has 26 heavy (non-hydrogen) atoms. The van der Waals surface area contributed by atoms with Crippen molar-refractivity contribution in [3.8, 4) is 0 Å². The Balaban J connectivity index is 2.51. The first-order valence-electron chi connectivity index (χ1n) is 7.95. The molecule has 0 aliphatic carbocycles. The second-order valence-electron chi connectivity index (χ2n) is 5.55. The number of nitrogens with two attached hydrogens (primary N) is 1. The predicted octanol–water partition coefficient (Wildman–Crippen LogP) is 1.70. The van der Waals surface area contributed by atoms with Gasteiger partial charge in [-0.3, -0.25) is 4.79 Å². The number of rotatable bonds is 10. The number of urea groups is 1. The van der Waals surface area contributed by atoms with E-state index in [9.17, 15) is 14.4 Å². The van der Waals surface area contributed by atoms with Crippen LogP contribution in [0.3, 0.4) is 0 Å². The highest BCUT2D eigenvalue weighted by molar-refractivity contribution is 7.98. The molecule has 144 valence electrons. The van der Waals surface area contributed by atoms with Gasteiger partial charge in [-0.1, -0.05) is 12.1 Å². The number of carbonyl (C=O) groups is 3. The molecule has 1 aromatic carbocycles. The van der Waals surface area contributed by atoms with Crippen LogP contribution in [0.1, 0.15) is 12.0 Å². The van der Waals surface area contributed by atoms with Gasteiger partial charge in [0, 0.05) is 18.5 Å². The molecule has 0 aliphatic rings. The number of amides is 3. The van der Waals surface area contributed by atoms with E-state index in [0.717, 1.165) is 10.5 Å². The summed E-state index contributed by atoms with van der Waals surface area (Å²) in [5, 5.41) is 2.34. The summed E-state index contributed by atoms with van der Waals surface area (Å²) in [6.45, 7) is 0.0366. The summed E-state index contributed by atoms with van der Waals surface area (Å²) in [5.41, 5.74) is 6.06. The molecule has 0 unspecified atom stereocenters. The van der Waals surface area contributed by atoms with Crippen molar-refractivity contribution in [2.45, 2.75) is 23.9 Å². The van der Waals surface area contributed by atoms with E-state index < -0.39 is 18.0 Å². The van der Waals surface area contributed by atoms with Crippen LogP contribution in [0.4, 0.5) is 4.79 Å².